The van der Waals surface area contributed by atoms with Gasteiger partial charge in [0.1, 0.15) is 5.75 Å². The van der Waals surface area contributed by atoms with Crippen LogP contribution >= 0.6 is 23.2 Å². The summed E-state index contributed by atoms with van der Waals surface area (Å²) < 4.78 is 5.46. The van der Waals surface area contributed by atoms with E-state index >= 15 is 0 Å². The minimum atomic E-state index is 0.248. The molecule has 0 aromatic heterocycles. The maximum absolute atomic E-state index is 6.06. The Morgan fingerprint density at radius 1 is 1.05 bits per heavy atom. The minimum Gasteiger partial charge on any atom is -0.494 e. The molecule has 2 nitrogen and oxygen atoms in total. The fraction of sp³-hybridized carbons (Fsp3) is 0.294. The van der Waals surface area contributed by atoms with E-state index < -0.39 is 0 Å². The molecule has 0 radical (unpaired) electrons. The zero-order valence-corrected chi connectivity index (χ0v) is 13.5. The predicted octanol–water partition coefficient (Wildman–Crippen LogP) is 4.68. The predicted molar refractivity (Wildman–Crippen MR) is 89.6 cm³/mol. The average molecular weight is 324 g/mol. The second-order valence-corrected chi connectivity index (χ2v) is 5.70. The molecular weight excluding hydrogens is 305 g/mol. The molecule has 2 N–H and O–H groups in total. The van der Waals surface area contributed by atoms with Crippen molar-refractivity contribution in [2.75, 3.05) is 13.2 Å². The van der Waals surface area contributed by atoms with Gasteiger partial charge in [-0.15, -0.1) is 0 Å². The van der Waals surface area contributed by atoms with Gasteiger partial charge < -0.3 is 10.5 Å². The molecule has 0 aliphatic carbocycles. The number of hydrogen-bond donors (Lipinski definition) is 1. The summed E-state index contributed by atoms with van der Waals surface area (Å²) in [5.74, 6) is 1.13. The van der Waals surface area contributed by atoms with Crippen molar-refractivity contribution in [1.82, 2.24) is 0 Å². The minimum absolute atomic E-state index is 0.248. The summed E-state index contributed by atoms with van der Waals surface area (Å²) in [6.07, 6.45) is 0.835. The molecule has 1 unspecified atom stereocenters. The Bertz CT molecular complexity index is 584. The lowest BCUT2D eigenvalue weighted by atomic mass is 9.92. The lowest BCUT2D eigenvalue weighted by Crippen LogP contribution is -2.15. The van der Waals surface area contributed by atoms with Gasteiger partial charge in [0.15, 0.2) is 0 Å². The number of hydrogen-bond acceptors (Lipinski definition) is 2. The van der Waals surface area contributed by atoms with Crippen LogP contribution in [0.25, 0.3) is 0 Å². The Morgan fingerprint density at radius 3 is 2.33 bits per heavy atom. The van der Waals surface area contributed by atoms with Crippen LogP contribution < -0.4 is 10.5 Å². The molecule has 0 bridgehead atoms. The number of ether oxygens (including phenoxy) is 1. The highest BCUT2D eigenvalue weighted by molar-refractivity contribution is 6.42. The third-order valence-electron chi connectivity index (χ3n) is 3.41. The van der Waals surface area contributed by atoms with E-state index in [1.54, 1.807) is 0 Å². The molecular formula is C17H19Cl2NO. The van der Waals surface area contributed by atoms with Crippen molar-refractivity contribution in [1.29, 1.82) is 0 Å². The molecule has 4 heteroatoms. The van der Waals surface area contributed by atoms with E-state index in [1.165, 1.54) is 5.56 Å². The standard InChI is InChI=1S/C17H19Cl2NO/c1-2-21-15-6-4-13(5-7-15)14(11-20)9-12-3-8-16(18)17(19)10-12/h3-8,10,14H,2,9,11,20H2,1H3. The second kappa shape index (κ2) is 7.69. The third kappa shape index (κ3) is 4.37. The number of rotatable bonds is 6. The van der Waals surface area contributed by atoms with E-state index in [2.05, 4.69) is 12.1 Å². The SMILES string of the molecule is CCOc1ccc(C(CN)Cc2ccc(Cl)c(Cl)c2)cc1. The van der Waals surface area contributed by atoms with E-state index in [1.807, 2.05) is 37.3 Å². The van der Waals surface area contributed by atoms with Gasteiger partial charge in [-0.1, -0.05) is 41.4 Å². The molecule has 0 saturated carbocycles. The van der Waals surface area contributed by atoms with Crippen LogP contribution in [0.15, 0.2) is 42.5 Å². The van der Waals surface area contributed by atoms with Gasteiger partial charge in [-0.25, -0.2) is 0 Å². The van der Waals surface area contributed by atoms with Gasteiger partial charge in [0.25, 0.3) is 0 Å². The van der Waals surface area contributed by atoms with Gasteiger partial charge in [-0.3, -0.25) is 0 Å². The molecule has 112 valence electrons. The Morgan fingerprint density at radius 2 is 1.76 bits per heavy atom. The second-order valence-electron chi connectivity index (χ2n) is 4.89. The van der Waals surface area contributed by atoms with E-state index in [4.69, 9.17) is 33.7 Å². The van der Waals surface area contributed by atoms with Gasteiger partial charge in [0.2, 0.25) is 0 Å². The zero-order chi connectivity index (χ0) is 15.2. The summed E-state index contributed by atoms with van der Waals surface area (Å²) in [6, 6.07) is 13.8. The Balaban J connectivity index is 2.13. The third-order valence-corrected chi connectivity index (χ3v) is 4.15. The van der Waals surface area contributed by atoms with E-state index in [-0.39, 0.29) is 5.92 Å². The van der Waals surface area contributed by atoms with E-state index in [9.17, 15) is 0 Å². The maximum atomic E-state index is 6.06. The van der Waals surface area contributed by atoms with Crippen LogP contribution in [0, 0.1) is 0 Å². The van der Waals surface area contributed by atoms with E-state index in [0.29, 0.717) is 23.2 Å². The van der Waals surface area contributed by atoms with Gasteiger partial charge in [0, 0.05) is 5.92 Å². The van der Waals surface area contributed by atoms with Crippen molar-refractivity contribution in [3.8, 4) is 5.75 Å². The van der Waals surface area contributed by atoms with Crippen LogP contribution in [0.1, 0.15) is 24.0 Å². The largest absolute Gasteiger partial charge is 0.494 e. The first kappa shape index (κ1) is 16.2. The average Bonchev–Trinajstić information content (AvgIpc) is 2.50. The molecule has 0 amide bonds. The van der Waals surface area contributed by atoms with Gasteiger partial charge in [-0.05, 0) is 55.3 Å². The highest BCUT2D eigenvalue weighted by atomic mass is 35.5. The lowest BCUT2D eigenvalue weighted by Gasteiger charge is -2.16. The van der Waals surface area contributed by atoms with Crippen LogP contribution in [0.4, 0.5) is 0 Å². The van der Waals surface area contributed by atoms with Crippen LogP contribution in [0.2, 0.25) is 10.0 Å². The smallest absolute Gasteiger partial charge is 0.119 e. The molecule has 21 heavy (non-hydrogen) atoms. The Kier molecular flexibility index (Phi) is 5.92. The lowest BCUT2D eigenvalue weighted by molar-refractivity contribution is 0.340. The summed E-state index contributed by atoms with van der Waals surface area (Å²) in [5, 5.41) is 1.16. The first-order chi connectivity index (χ1) is 10.1. The molecule has 0 saturated heterocycles. The number of halogens is 2. The van der Waals surface area contributed by atoms with Crippen LogP contribution in [-0.2, 0) is 6.42 Å². The molecule has 1 atom stereocenters. The normalized spacial score (nSPS) is 12.2. The summed E-state index contributed by atoms with van der Waals surface area (Å²) in [7, 11) is 0. The zero-order valence-electron chi connectivity index (χ0n) is 12.0. The summed E-state index contributed by atoms with van der Waals surface area (Å²) >= 11 is 12.0. The number of nitrogens with two attached hydrogens (primary N) is 1. The first-order valence-corrected chi connectivity index (χ1v) is 7.76. The van der Waals surface area contributed by atoms with Crippen molar-refractivity contribution < 1.29 is 4.74 Å². The molecule has 0 heterocycles. The van der Waals surface area contributed by atoms with E-state index in [0.717, 1.165) is 17.7 Å². The summed E-state index contributed by atoms with van der Waals surface area (Å²) in [4.78, 5) is 0. The monoisotopic (exact) mass is 323 g/mol. The quantitative estimate of drug-likeness (QED) is 0.837. The highest BCUT2D eigenvalue weighted by Gasteiger charge is 2.12. The van der Waals surface area contributed by atoms with Gasteiger partial charge >= 0.3 is 0 Å². The van der Waals surface area contributed by atoms with Crippen LogP contribution in [0.5, 0.6) is 5.75 Å². The molecule has 0 spiro atoms. The fourth-order valence-electron chi connectivity index (χ4n) is 2.29. The van der Waals surface area contributed by atoms with Crippen molar-refractivity contribution >= 4 is 23.2 Å². The van der Waals surface area contributed by atoms with Crippen LogP contribution in [-0.4, -0.2) is 13.2 Å². The molecule has 0 aliphatic rings. The molecule has 2 aromatic carbocycles. The highest BCUT2D eigenvalue weighted by Crippen LogP contribution is 2.27. The molecule has 2 rings (SSSR count). The van der Waals surface area contributed by atoms with Crippen molar-refractivity contribution in [3.63, 3.8) is 0 Å². The topological polar surface area (TPSA) is 35.2 Å². The Hall–Kier alpha value is -1.22. The summed E-state index contributed by atoms with van der Waals surface area (Å²) in [5.41, 5.74) is 8.26. The van der Waals surface area contributed by atoms with Crippen molar-refractivity contribution in [3.05, 3.63) is 63.6 Å². The number of benzene rings is 2. The van der Waals surface area contributed by atoms with Crippen LogP contribution in [0.3, 0.4) is 0 Å². The first-order valence-electron chi connectivity index (χ1n) is 7.00. The van der Waals surface area contributed by atoms with Crippen molar-refractivity contribution in [2.24, 2.45) is 5.73 Å². The van der Waals surface area contributed by atoms with Crippen molar-refractivity contribution in [2.45, 2.75) is 19.3 Å². The molecule has 2 aromatic rings. The Labute approximate surface area is 135 Å². The summed E-state index contributed by atoms with van der Waals surface area (Å²) in [6.45, 7) is 3.22. The molecule has 0 aliphatic heterocycles. The van der Waals surface area contributed by atoms with Gasteiger partial charge in [0.05, 0.1) is 16.7 Å². The molecule has 0 fully saturated rings. The fourth-order valence-corrected chi connectivity index (χ4v) is 2.61. The van der Waals surface area contributed by atoms with Gasteiger partial charge in [-0.2, -0.15) is 0 Å². The maximum Gasteiger partial charge on any atom is 0.119 e.